The Morgan fingerprint density at radius 3 is 2.94 bits per heavy atom. The van der Waals surface area contributed by atoms with E-state index in [1.165, 1.54) is 49.3 Å². The summed E-state index contributed by atoms with van der Waals surface area (Å²) in [5.41, 5.74) is 0. The Hall–Kier alpha value is -0.540. The van der Waals surface area contributed by atoms with E-state index < -0.39 is 0 Å². The number of hydrogen-bond donors (Lipinski definition) is 1. The van der Waals surface area contributed by atoms with Crippen molar-refractivity contribution in [2.24, 2.45) is 5.92 Å². The van der Waals surface area contributed by atoms with Crippen LogP contribution in [0.5, 0.6) is 0 Å². The van der Waals surface area contributed by atoms with Crippen LogP contribution < -0.4 is 5.32 Å². The van der Waals surface area contributed by atoms with Crippen LogP contribution in [0.2, 0.25) is 0 Å². The lowest BCUT2D eigenvalue weighted by Gasteiger charge is -2.20. The molecule has 2 unspecified atom stereocenters. The third-order valence-corrected chi connectivity index (χ3v) is 4.77. The highest BCUT2D eigenvalue weighted by Crippen LogP contribution is 2.30. The van der Waals surface area contributed by atoms with E-state index in [1.54, 1.807) is 0 Å². The zero-order chi connectivity index (χ0) is 12.6. The summed E-state index contributed by atoms with van der Waals surface area (Å²) in [4.78, 5) is 5.40. The number of aromatic nitrogens is 1. The minimum absolute atomic E-state index is 0.781. The number of thioether (sulfide) groups is 1. The van der Waals surface area contributed by atoms with Gasteiger partial charge in [-0.3, -0.25) is 4.98 Å². The van der Waals surface area contributed by atoms with Crippen molar-refractivity contribution in [1.82, 2.24) is 10.3 Å². The molecular formula is C15H24N2S. The fraction of sp³-hybridized carbons (Fsp3) is 0.667. The van der Waals surface area contributed by atoms with Crippen molar-refractivity contribution >= 4 is 11.8 Å². The molecule has 100 valence electrons. The predicted octanol–water partition coefficient (Wildman–Crippen LogP) is 3.73. The first kappa shape index (κ1) is 13.9. The second-order valence-corrected chi connectivity index (χ2v) is 6.24. The van der Waals surface area contributed by atoms with E-state index in [0.717, 1.165) is 12.0 Å². The van der Waals surface area contributed by atoms with E-state index in [9.17, 15) is 0 Å². The molecule has 1 saturated carbocycles. The van der Waals surface area contributed by atoms with Crippen LogP contribution in [0.15, 0.2) is 29.4 Å². The summed E-state index contributed by atoms with van der Waals surface area (Å²) in [6.45, 7) is 3.43. The maximum Gasteiger partial charge on any atom is 0.0278 e. The molecule has 3 heteroatoms. The van der Waals surface area contributed by atoms with Crippen molar-refractivity contribution in [2.75, 3.05) is 12.3 Å². The predicted molar refractivity (Wildman–Crippen MR) is 79.0 cm³/mol. The molecule has 1 N–H and O–H groups in total. The van der Waals surface area contributed by atoms with Crippen LogP contribution in [0.25, 0.3) is 0 Å². The molecule has 0 spiro atoms. The number of hydrogen-bond acceptors (Lipinski definition) is 3. The van der Waals surface area contributed by atoms with Crippen molar-refractivity contribution in [3.05, 3.63) is 24.5 Å². The molecule has 1 aliphatic rings. The number of nitrogens with zero attached hydrogens (tertiary/aromatic N) is 1. The standard InChI is InChI=1S/C15H24N2S/c1-2-9-17-15-5-3-4-13(15)8-12-18-14-6-10-16-11-7-14/h6-7,10-11,13,15,17H,2-5,8-9,12H2,1H3. The Labute approximate surface area is 115 Å². The molecule has 0 aliphatic heterocycles. The molecule has 1 heterocycles. The van der Waals surface area contributed by atoms with Crippen LogP contribution in [0.1, 0.15) is 39.0 Å². The molecule has 0 bridgehead atoms. The molecule has 2 rings (SSSR count). The van der Waals surface area contributed by atoms with Crippen molar-refractivity contribution in [2.45, 2.75) is 50.0 Å². The van der Waals surface area contributed by atoms with Crippen LogP contribution in [0.3, 0.4) is 0 Å². The average molecular weight is 264 g/mol. The SMILES string of the molecule is CCCNC1CCCC1CCSc1ccncc1. The topological polar surface area (TPSA) is 24.9 Å². The molecule has 1 aromatic rings. The summed E-state index contributed by atoms with van der Waals surface area (Å²) < 4.78 is 0. The molecular weight excluding hydrogens is 240 g/mol. The molecule has 1 fully saturated rings. The molecule has 1 aliphatic carbocycles. The summed E-state index contributed by atoms with van der Waals surface area (Å²) in [6.07, 6.45) is 10.5. The van der Waals surface area contributed by atoms with Gasteiger partial charge in [-0.05, 0) is 56.0 Å². The third kappa shape index (κ3) is 4.29. The molecule has 18 heavy (non-hydrogen) atoms. The molecule has 0 amide bonds. The van der Waals surface area contributed by atoms with Crippen LogP contribution in [0.4, 0.5) is 0 Å². The van der Waals surface area contributed by atoms with E-state index in [0.29, 0.717) is 0 Å². The molecule has 0 aromatic carbocycles. The van der Waals surface area contributed by atoms with Gasteiger partial charge in [-0.2, -0.15) is 0 Å². The van der Waals surface area contributed by atoms with Gasteiger partial charge in [-0.15, -0.1) is 11.8 Å². The molecule has 0 radical (unpaired) electrons. The van der Waals surface area contributed by atoms with Crippen LogP contribution >= 0.6 is 11.8 Å². The van der Waals surface area contributed by atoms with Crippen LogP contribution in [-0.4, -0.2) is 23.3 Å². The largest absolute Gasteiger partial charge is 0.314 e. The Balaban J connectivity index is 1.69. The normalized spacial score (nSPS) is 23.4. The Kier molecular flexibility index (Phi) is 6.01. The quantitative estimate of drug-likeness (QED) is 0.760. The third-order valence-electron chi connectivity index (χ3n) is 3.72. The summed E-state index contributed by atoms with van der Waals surface area (Å²) in [7, 11) is 0. The van der Waals surface area contributed by atoms with Crippen LogP contribution in [-0.2, 0) is 0 Å². The second-order valence-electron chi connectivity index (χ2n) is 5.07. The highest BCUT2D eigenvalue weighted by Gasteiger charge is 2.25. The van der Waals surface area contributed by atoms with Gasteiger partial charge >= 0.3 is 0 Å². The van der Waals surface area contributed by atoms with Gasteiger partial charge in [0.2, 0.25) is 0 Å². The Bertz CT molecular complexity index is 329. The lowest BCUT2D eigenvalue weighted by Crippen LogP contribution is -2.33. The Morgan fingerprint density at radius 2 is 2.17 bits per heavy atom. The minimum atomic E-state index is 0.781. The highest BCUT2D eigenvalue weighted by molar-refractivity contribution is 7.99. The second kappa shape index (κ2) is 7.80. The fourth-order valence-electron chi connectivity index (χ4n) is 2.74. The lowest BCUT2D eigenvalue weighted by molar-refractivity contribution is 0.393. The van der Waals surface area contributed by atoms with Gasteiger partial charge in [0.1, 0.15) is 0 Å². The van der Waals surface area contributed by atoms with Crippen molar-refractivity contribution in [3.63, 3.8) is 0 Å². The van der Waals surface area contributed by atoms with Gasteiger partial charge in [0.25, 0.3) is 0 Å². The van der Waals surface area contributed by atoms with E-state index in [-0.39, 0.29) is 0 Å². The van der Waals surface area contributed by atoms with Crippen molar-refractivity contribution < 1.29 is 0 Å². The summed E-state index contributed by atoms with van der Waals surface area (Å²) in [5.74, 6) is 2.13. The van der Waals surface area contributed by atoms with E-state index in [4.69, 9.17) is 0 Å². The molecule has 1 aromatic heterocycles. The van der Waals surface area contributed by atoms with Crippen molar-refractivity contribution in [3.8, 4) is 0 Å². The maximum absolute atomic E-state index is 4.05. The number of rotatable bonds is 7. The van der Waals surface area contributed by atoms with Gasteiger partial charge < -0.3 is 5.32 Å². The Morgan fingerprint density at radius 1 is 1.33 bits per heavy atom. The first-order valence-corrected chi connectivity index (χ1v) is 8.15. The van der Waals surface area contributed by atoms with Gasteiger partial charge in [0.15, 0.2) is 0 Å². The maximum atomic E-state index is 4.05. The first-order valence-electron chi connectivity index (χ1n) is 7.16. The first-order chi connectivity index (χ1) is 8.90. The lowest BCUT2D eigenvalue weighted by atomic mass is 10.0. The van der Waals surface area contributed by atoms with Gasteiger partial charge in [-0.25, -0.2) is 0 Å². The average Bonchev–Trinajstić information content (AvgIpc) is 2.85. The van der Waals surface area contributed by atoms with Gasteiger partial charge in [-0.1, -0.05) is 13.3 Å². The van der Waals surface area contributed by atoms with E-state index in [1.807, 2.05) is 24.2 Å². The fourth-order valence-corrected chi connectivity index (χ4v) is 3.71. The zero-order valence-electron chi connectivity index (χ0n) is 11.3. The van der Waals surface area contributed by atoms with E-state index >= 15 is 0 Å². The molecule has 2 atom stereocenters. The highest BCUT2D eigenvalue weighted by atomic mass is 32.2. The monoisotopic (exact) mass is 264 g/mol. The summed E-state index contributed by atoms with van der Waals surface area (Å²) in [6, 6.07) is 4.99. The molecule has 2 nitrogen and oxygen atoms in total. The number of nitrogens with one attached hydrogen (secondary N) is 1. The smallest absolute Gasteiger partial charge is 0.0278 e. The minimum Gasteiger partial charge on any atom is -0.314 e. The van der Waals surface area contributed by atoms with Crippen molar-refractivity contribution in [1.29, 1.82) is 0 Å². The summed E-state index contributed by atoms with van der Waals surface area (Å²) in [5, 5.41) is 3.71. The summed E-state index contributed by atoms with van der Waals surface area (Å²) >= 11 is 1.97. The number of pyridine rings is 1. The van der Waals surface area contributed by atoms with Gasteiger partial charge in [0, 0.05) is 23.3 Å². The van der Waals surface area contributed by atoms with Crippen LogP contribution in [0, 0.1) is 5.92 Å². The molecule has 0 saturated heterocycles. The van der Waals surface area contributed by atoms with Gasteiger partial charge in [0.05, 0.1) is 0 Å². The zero-order valence-corrected chi connectivity index (χ0v) is 12.1. The van der Waals surface area contributed by atoms with E-state index in [2.05, 4.69) is 29.4 Å².